The molecule has 2 rings (SSSR count). The third-order valence-corrected chi connectivity index (χ3v) is 3.52. The lowest BCUT2D eigenvalue weighted by atomic mass is 10.0. The number of thiophene rings is 1. The van der Waals surface area contributed by atoms with Crippen molar-refractivity contribution >= 4 is 11.3 Å². The van der Waals surface area contributed by atoms with Crippen molar-refractivity contribution in [2.75, 3.05) is 0 Å². The summed E-state index contributed by atoms with van der Waals surface area (Å²) in [6.45, 7) is 3.46. The van der Waals surface area contributed by atoms with Crippen LogP contribution in [0.2, 0.25) is 0 Å². The molecule has 1 nitrogen and oxygen atoms in total. The summed E-state index contributed by atoms with van der Waals surface area (Å²) in [6, 6.07) is 3.96. The summed E-state index contributed by atoms with van der Waals surface area (Å²) < 4.78 is 26.7. The zero-order chi connectivity index (χ0) is 12.6. The van der Waals surface area contributed by atoms with Crippen molar-refractivity contribution in [3.63, 3.8) is 0 Å². The summed E-state index contributed by atoms with van der Waals surface area (Å²) in [5.74, 6) is -1.32. The second kappa shape index (κ2) is 4.55. The molecule has 2 aromatic rings. The van der Waals surface area contributed by atoms with Gasteiger partial charge in [0.15, 0.2) is 0 Å². The molecule has 4 heteroatoms. The van der Waals surface area contributed by atoms with Crippen molar-refractivity contribution in [3.05, 3.63) is 56.8 Å². The molecular formula is C13H12F2OS. The predicted octanol–water partition coefficient (Wildman–Crippen LogP) is 3.72. The molecule has 1 atom stereocenters. The van der Waals surface area contributed by atoms with E-state index in [1.165, 1.54) is 17.4 Å². The van der Waals surface area contributed by atoms with Crippen LogP contribution in [0.5, 0.6) is 0 Å². The van der Waals surface area contributed by atoms with Gasteiger partial charge in [-0.3, -0.25) is 0 Å². The Morgan fingerprint density at radius 1 is 1.12 bits per heavy atom. The maximum Gasteiger partial charge on any atom is 0.132 e. The number of rotatable bonds is 2. The molecule has 0 spiro atoms. The molecule has 0 fully saturated rings. The standard InChI is InChI=1S/C13H12F2OS/c1-7-3-10(12(15)5-11(7)14)13(16)9-4-8(2)17-6-9/h3-6,13,16H,1-2H3. The van der Waals surface area contributed by atoms with Crippen LogP contribution in [0.3, 0.4) is 0 Å². The highest BCUT2D eigenvalue weighted by atomic mass is 32.1. The van der Waals surface area contributed by atoms with E-state index in [1.54, 1.807) is 18.4 Å². The van der Waals surface area contributed by atoms with E-state index in [4.69, 9.17) is 0 Å². The van der Waals surface area contributed by atoms with Crippen LogP contribution >= 0.6 is 11.3 Å². The molecule has 0 aliphatic rings. The highest BCUT2D eigenvalue weighted by Crippen LogP contribution is 2.29. The second-order valence-electron chi connectivity index (χ2n) is 4.02. The van der Waals surface area contributed by atoms with Crippen molar-refractivity contribution in [1.82, 2.24) is 0 Å². The summed E-state index contributed by atoms with van der Waals surface area (Å²) in [4.78, 5) is 1.04. The number of aliphatic hydroxyl groups excluding tert-OH is 1. The van der Waals surface area contributed by atoms with Crippen LogP contribution in [0.25, 0.3) is 0 Å². The molecule has 1 aromatic carbocycles. The lowest BCUT2D eigenvalue weighted by molar-refractivity contribution is 0.215. The average molecular weight is 254 g/mol. The fraction of sp³-hybridized carbons (Fsp3) is 0.231. The Bertz CT molecular complexity index is 548. The monoisotopic (exact) mass is 254 g/mol. The van der Waals surface area contributed by atoms with Gasteiger partial charge in [0, 0.05) is 16.5 Å². The molecule has 0 aliphatic heterocycles. The van der Waals surface area contributed by atoms with E-state index < -0.39 is 17.7 Å². The molecule has 90 valence electrons. The Labute approximate surface area is 102 Å². The number of aryl methyl sites for hydroxylation is 2. The molecule has 17 heavy (non-hydrogen) atoms. The van der Waals surface area contributed by atoms with E-state index in [2.05, 4.69) is 0 Å². The summed E-state index contributed by atoms with van der Waals surface area (Å²) >= 11 is 1.48. The van der Waals surface area contributed by atoms with Gasteiger partial charge in [0.1, 0.15) is 17.7 Å². The molecule has 1 aromatic heterocycles. The van der Waals surface area contributed by atoms with E-state index >= 15 is 0 Å². The van der Waals surface area contributed by atoms with Gasteiger partial charge in [0.25, 0.3) is 0 Å². The van der Waals surface area contributed by atoms with Crippen LogP contribution < -0.4 is 0 Å². The molecule has 0 bridgehead atoms. The Kier molecular flexibility index (Phi) is 3.26. The van der Waals surface area contributed by atoms with Crippen LogP contribution in [0.4, 0.5) is 8.78 Å². The fourth-order valence-electron chi connectivity index (χ4n) is 1.68. The molecule has 1 unspecified atom stereocenters. The number of benzene rings is 1. The van der Waals surface area contributed by atoms with Gasteiger partial charge >= 0.3 is 0 Å². The minimum absolute atomic E-state index is 0.113. The van der Waals surface area contributed by atoms with Gasteiger partial charge in [0.05, 0.1) is 0 Å². The Morgan fingerprint density at radius 2 is 1.82 bits per heavy atom. The molecule has 1 heterocycles. The molecule has 0 amide bonds. The Hall–Kier alpha value is -1.26. The first-order valence-corrected chi connectivity index (χ1v) is 6.05. The zero-order valence-corrected chi connectivity index (χ0v) is 10.3. The highest BCUT2D eigenvalue weighted by molar-refractivity contribution is 7.10. The maximum absolute atomic E-state index is 13.6. The molecule has 1 N–H and O–H groups in total. The molecule has 0 radical (unpaired) electrons. The number of hydrogen-bond acceptors (Lipinski definition) is 2. The third kappa shape index (κ3) is 2.37. The first kappa shape index (κ1) is 12.2. The van der Waals surface area contributed by atoms with Crippen molar-refractivity contribution in [3.8, 4) is 0 Å². The SMILES string of the molecule is Cc1cc(C(O)c2cc(C)c(F)cc2F)cs1. The smallest absolute Gasteiger partial charge is 0.132 e. The second-order valence-corrected chi connectivity index (χ2v) is 5.13. The summed E-state index contributed by atoms with van der Waals surface area (Å²) in [5.41, 5.74) is 1.08. The van der Waals surface area contributed by atoms with Gasteiger partial charge in [-0.2, -0.15) is 0 Å². The quantitative estimate of drug-likeness (QED) is 0.866. The fourth-order valence-corrected chi connectivity index (χ4v) is 2.40. The number of halogens is 2. The van der Waals surface area contributed by atoms with Gasteiger partial charge in [-0.25, -0.2) is 8.78 Å². The first-order chi connectivity index (χ1) is 7.99. The van der Waals surface area contributed by atoms with Crippen molar-refractivity contribution in [2.24, 2.45) is 0 Å². The molecular weight excluding hydrogens is 242 g/mol. The first-order valence-electron chi connectivity index (χ1n) is 5.17. The van der Waals surface area contributed by atoms with Crippen LogP contribution in [0.1, 0.15) is 27.7 Å². The van der Waals surface area contributed by atoms with Crippen LogP contribution in [-0.4, -0.2) is 5.11 Å². The summed E-state index contributed by atoms with van der Waals surface area (Å²) in [5, 5.41) is 11.8. The number of hydrogen-bond donors (Lipinski definition) is 1. The highest BCUT2D eigenvalue weighted by Gasteiger charge is 2.17. The maximum atomic E-state index is 13.6. The molecule has 0 saturated heterocycles. The van der Waals surface area contributed by atoms with Crippen LogP contribution in [0.15, 0.2) is 23.6 Å². The van der Waals surface area contributed by atoms with Crippen molar-refractivity contribution in [1.29, 1.82) is 0 Å². The lowest BCUT2D eigenvalue weighted by Gasteiger charge is -2.11. The van der Waals surface area contributed by atoms with Crippen molar-refractivity contribution < 1.29 is 13.9 Å². The topological polar surface area (TPSA) is 20.2 Å². The largest absolute Gasteiger partial charge is 0.384 e. The minimum Gasteiger partial charge on any atom is -0.384 e. The summed E-state index contributed by atoms with van der Waals surface area (Å²) in [6.07, 6.45) is -1.04. The van der Waals surface area contributed by atoms with Gasteiger partial charge in [-0.1, -0.05) is 0 Å². The van der Waals surface area contributed by atoms with E-state index in [9.17, 15) is 13.9 Å². The minimum atomic E-state index is -1.04. The third-order valence-electron chi connectivity index (χ3n) is 2.64. The van der Waals surface area contributed by atoms with E-state index in [1.807, 2.05) is 6.92 Å². The predicted molar refractivity (Wildman–Crippen MR) is 64.2 cm³/mol. The molecule has 0 aliphatic carbocycles. The number of aliphatic hydroxyl groups is 1. The van der Waals surface area contributed by atoms with Gasteiger partial charge in [-0.05, 0) is 42.5 Å². The van der Waals surface area contributed by atoms with Crippen LogP contribution in [0, 0.1) is 25.5 Å². The lowest BCUT2D eigenvalue weighted by Crippen LogP contribution is -2.03. The normalized spacial score (nSPS) is 12.8. The van der Waals surface area contributed by atoms with E-state index in [0.717, 1.165) is 10.9 Å². The van der Waals surface area contributed by atoms with E-state index in [0.29, 0.717) is 11.1 Å². The van der Waals surface area contributed by atoms with Gasteiger partial charge in [-0.15, -0.1) is 11.3 Å². The Balaban J connectivity index is 2.43. The van der Waals surface area contributed by atoms with E-state index in [-0.39, 0.29) is 5.56 Å². The van der Waals surface area contributed by atoms with Crippen molar-refractivity contribution in [2.45, 2.75) is 20.0 Å². The van der Waals surface area contributed by atoms with Gasteiger partial charge < -0.3 is 5.11 Å². The van der Waals surface area contributed by atoms with Gasteiger partial charge in [0.2, 0.25) is 0 Å². The average Bonchev–Trinajstić information content (AvgIpc) is 2.69. The Morgan fingerprint density at radius 3 is 2.41 bits per heavy atom. The molecule has 0 saturated carbocycles. The zero-order valence-electron chi connectivity index (χ0n) is 9.50. The summed E-state index contributed by atoms with van der Waals surface area (Å²) in [7, 11) is 0. The van der Waals surface area contributed by atoms with Crippen LogP contribution in [-0.2, 0) is 0 Å².